The molecule has 1 aliphatic heterocycles. The van der Waals surface area contributed by atoms with E-state index in [9.17, 15) is 4.79 Å². The maximum atomic E-state index is 10.7. The molecule has 1 N–H and O–H groups in total. The second-order valence-electron chi connectivity index (χ2n) is 2.80. The molecule has 1 aliphatic rings. The fourth-order valence-corrected chi connectivity index (χ4v) is 2.58. The lowest BCUT2D eigenvalue weighted by atomic mass is 10.1. The van der Waals surface area contributed by atoms with Crippen LogP contribution in [0.1, 0.15) is 21.7 Å². The molecule has 5 heteroatoms. The van der Waals surface area contributed by atoms with Crippen LogP contribution < -0.4 is 0 Å². The first-order valence-electron chi connectivity index (χ1n) is 3.96. The predicted molar refractivity (Wildman–Crippen MR) is 54.7 cm³/mol. The third-order valence-electron chi connectivity index (χ3n) is 2.01. The maximum absolute atomic E-state index is 10.7. The van der Waals surface area contributed by atoms with Gasteiger partial charge in [-0.05, 0) is 24.4 Å². The molecule has 0 fully saturated rings. The van der Waals surface area contributed by atoms with Crippen LogP contribution >= 0.6 is 24.0 Å². The van der Waals surface area contributed by atoms with E-state index >= 15 is 0 Å². The molecule has 0 radical (unpaired) electrons. The van der Waals surface area contributed by atoms with Crippen molar-refractivity contribution in [2.45, 2.75) is 12.2 Å². The second kappa shape index (κ2) is 3.59. The van der Waals surface area contributed by atoms with Crippen LogP contribution in [0.5, 0.6) is 0 Å². The van der Waals surface area contributed by atoms with E-state index < -0.39 is 0 Å². The van der Waals surface area contributed by atoms with E-state index in [-0.39, 0.29) is 0 Å². The fraction of sp³-hybridized carbons (Fsp3) is 0.375. The first-order valence-corrected chi connectivity index (χ1v) is 5.52. The summed E-state index contributed by atoms with van der Waals surface area (Å²) in [5.41, 5.74) is 2.62. The van der Waals surface area contributed by atoms with Gasteiger partial charge in [-0.25, -0.2) is 4.98 Å². The molecule has 2 heterocycles. The first kappa shape index (κ1) is 8.90. The molecule has 0 atom stereocenters. The maximum Gasteiger partial charge on any atom is 0.197 e. The normalized spacial score (nSPS) is 15.1. The van der Waals surface area contributed by atoms with Gasteiger partial charge in [-0.15, -0.1) is 0 Å². The highest BCUT2D eigenvalue weighted by molar-refractivity contribution is 7.98. The summed E-state index contributed by atoms with van der Waals surface area (Å²) in [6.45, 7) is 0. The smallest absolute Gasteiger partial charge is 0.197 e. The van der Waals surface area contributed by atoms with Crippen molar-refractivity contribution in [2.75, 3.05) is 5.75 Å². The van der Waals surface area contributed by atoms with Gasteiger partial charge in [-0.1, -0.05) is 0 Å². The number of hydrogen-bond donors (Lipinski definition) is 1. The highest BCUT2D eigenvalue weighted by Crippen LogP contribution is 2.23. The lowest BCUT2D eigenvalue weighted by molar-refractivity contribution is 0.111. The summed E-state index contributed by atoms with van der Waals surface area (Å²) in [5, 5.41) is 0. The summed E-state index contributed by atoms with van der Waals surface area (Å²) < 4.78 is 0.406. The SMILES string of the molecule is O=Cc1nc(=S)[nH]c2c1CCSC2. The minimum Gasteiger partial charge on any atom is -0.333 e. The Balaban J connectivity index is 2.63. The summed E-state index contributed by atoms with van der Waals surface area (Å²) in [6, 6.07) is 0. The number of aldehydes is 1. The van der Waals surface area contributed by atoms with Crippen molar-refractivity contribution in [1.29, 1.82) is 0 Å². The van der Waals surface area contributed by atoms with Crippen molar-refractivity contribution in [3.05, 3.63) is 21.7 Å². The Morgan fingerprint density at radius 1 is 1.62 bits per heavy atom. The number of hydrogen-bond acceptors (Lipinski definition) is 4. The number of aromatic amines is 1. The van der Waals surface area contributed by atoms with E-state index in [2.05, 4.69) is 9.97 Å². The second-order valence-corrected chi connectivity index (χ2v) is 4.30. The summed E-state index contributed by atoms with van der Waals surface area (Å²) in [6.07, 6.45) is 1.70. The lowest BCUT2D eigenvalue weighted by Crippen LogP contribution is -2.10. The van der Waals surface area contributed by atoms with Crippen molar-refractivity contribution >= 4 is 30.3 Å². The van der Waals surface area contributed by atoms with Crippen LogP contribution in [0.2, 0.25) is 0 Å². The summed E-state index contributed by atoms with van der Waals surface area (Å²) >= 11 is 6.76. The van der Waals surface area contributed by atoms with E-state index in [1.54, 1.807) is 0 Å². The van der Waals surface area contributed by atoms with Crippen molar-refractivity contribution in [1.82, 2.24) is 9.97 Å². The summed E-state index contributed by atoms with van der Waals surface area (Å²) in [7, 11) is 0. The standard InChI is InChI=1S/C8H8N2OS2/c11-3-6-5-1-2-13-4-7(5)10-8(12)9-6/h3H,1-2,4H2,(H,9,10,12). The number of rotatable bonds is 1. The van der Waals surface area contributed by atoms with Crippen LogP contribution in [0.3, 0.4) is 0 Å². The number of H-pyrrole nitrogens is 1. The number of nitrogens with zero attached hydrogens (tertiary/aromatic N) is 1. The Hall–Kier alpha value is -0.680. The Bertz CT molecular complexity index is 400. The minimum absolute atomic E-state index is 0.406. The van der Waals surface area contributed by atoms with Crippen molar-refractivity contribution in [2.24, 2.45) is 0 Å². The van der Waals surface area contributed by atoms with Crippen LogP contribution in [0.15, 0.2) is 0 Å². The molecule has 2 rings (SSSR count). The van der Waals surface area contributed by atoms with Gasteiger partial charge in [0.2, 0.25) is 0 Å². The molecule has 0 saturated heterocycles. The zero-order chi connectivity index (χ0) is 9.26. The number of carbonyl (C=O) groups is 1. The summed E-state index contributed by atoms with van der Waals surface area (Å²) in [5.74, 6) is 1.96. The molecule has 3 nitrogen and oxygen atoms in total. The van der Waals surface area contributed by atoms with Crippen LogP contribution in [-0.4, -0.2) is 22.0 Å². The van der Waals surface area contributed by atoms with E-state index in [0.29, 0.717) is 10.5 Å². The average Bonchev–Trinajstić information content (AvgIpc) is 2.16. The predicted octanol–water partition coefficient (Wildman–Crippen LogP) is 1.74. The van der Waals surface area contributed by atoms with Crippen LogP contribution in [0.25, 0.3) is 0 Å². The zero-order valence-electron chi connectivity index (χ0n) is 6.87. The Morgan fingerprint density at radius 3 is 3.23 bits per heavy atom. The van der Waals surface area contributed by atoms with Crippen LogP contribution in [-0.2, 0) is 12.2 Å². The molecule has 0 amide bonds. The van der Waals surface area contributed by atoms with Gasteiger partial charge in [0, 0.05) is 17.0 Å². The van der Waals surface area contributed by atoms with Crippen molar-refractivity contribution < 1.29 is 4.79 Å². The Morgan fingerprint density at radius 2 is 2.46 bits per heavy atom. The number of aromatic nitrogens is 2. The molecule has 13 heavy (non-hydrogen) atoms. The van der Waals surface area contributed by atoms with E-state index in [0.717, 1.165) is 35.5 Å². The highest BCUT2D eigenvalue weighted by Gasteiger charge is 2.14. The third-order valence-corrected chi connectivity index (χ3v) is 3.19. The lowest BCUT2D eigenvalue weighted by Gasteiger charge is -2.15. The fourth-order valence-electron chi connectivity index (χ4n) is 1.41. The van der Waals surface area contributed by atoms with Crippen LogP contribution in [0.4, 0.5) is 0 Å². The Labute approximate surface area is 85.0 Å². The number of fused-ring (bicyclic) bond motifs is 1. The monoisotopic (exact) mass is 212 g/mol. The minimum atomic E-state index is 0.406. The summed E-state index contributed by atoms with van der Waals surface area (Å²) in [4.78, 5) is 17.7. The molecule has 68 valence electrons. The zero-order valence-corrected chi connectivity index (χ0v) is 8.50. The molecule has 0 spiro atoms. The molecule has 0 aromatic carbocycles. The molecule has 0 aliphatic carbocycles. The molecule has 0 bridgehead atoms. The molecule has 0 saturated carbocycles. The Kier molecular flexibility index (Phi) is 2.46. The van der Waals surface area contributed by atoms with Gasteiger partial charge in [0.15, 0.2) is 11.1 Å². The quantitative estimate of drug-likeness (QED) is 0.569. The molecule has 1 aromatic heterocycles. The van der Waals surface area contributed by atoms with E-state index in [1.807, 2.05) is 11.8 Å². The number of thioether (sulfide) groups is 1. The van der Waals surface area contributed by atoms with Gasteiger partial charge in [0.05, 0.1) is 0 Å². The molecular weight excluding hydrogens is 204 g/mol. The van der Waals surface area contributed by atoms with Crippen molar-refractivity contribution in [3.8, 4) is 0 Å². The van der Waals surface area contributed by atoms with E-state index in [4.69, 9.17) is 12.2 Å². The molecule has 0 unspecified atom stereocenters. The number of carbonyl (C=O) groups excluding carboxylic acids is 1. The van der Waals surface area contributed by atoms with Gasteiger partial charge in [-0.3, -0.25) is 4.79 Å². The van der Waals surface area contributed by atoms with E-state index in [1.165, 1.54) is 0 Å². The van der Waals surface area contributed by atoms with Gasteiger partial charge < -0.3 is 4.98 Å². The largest absolute Gasteiger partial charge is 0.333 e. The van der Waals surface area contributed by atoms with Gasteiger partial charge >= 0.3 is 0 Å². The third kappa shape index (κ3) is 1.66. The first-order chi connectivity index (χ1) is 6.31. The van der Waals surface area contributed by atoms with Crippen LogP contribution in [0, 0.1) is 4.77 Å². The van der Waals surface area contributed by atoms with Gasteiger partial charge in [-0.2, -0.15) is 11.8 Å². The molecule has 1 aromatic rings. The van der Waals surface area contributed by atoms with Gasteiger partial charge in [0.25, 0.3) is 0 Å². The number of nitrogens with one attached hydrogen (secondary N) is 1. The highest BCUT2D eigenvalue weighted by atomic mass is 32.2. The molecular formula is C8H8N2OS2. The average molecular weight is 212 g/mol. The van der Waals surface area contributed by atoms with Crippen molar-refractivity contribution in [3.63, 3.8) is 0 Å². The topological polar surface area (TPSA) is 45.8 Å². The van der Waals surface area contributed by atoms with Gasteiger partial charge in [0.1, 0.15) is 5.69 Å².